The molecule has 3 nitrogen and oxygen atoms in total. The Morgan fingerprint density at radius 2 is 1.89 bits per heavy atom. The molecule has 2 aromatic rings. The van der Waals surface area contributed by atoms with E-state index in [0.29, 0.717) is 12.8 Å². The number of carbonyl (C=O) groups excluding carboxylic acids is 1. The van der Waals surface area contributed by atoms with E-state index in [-0.39, 0.29) is 22.5 Å². The lowest BCUT2D eigenvalue weighted by molar-refractivity contribution is -0.137. The molecule has 1 aliphatic heterocycles. The van der Waals surface area contributed by atoms with Crippen molar-refractivity contribution in [3.63, 3.8) is 0 Å². The van der Waals surface area contributed by atoms with Crippen molar-refractivity contribution in [1.82, 2.24) is 4.90 Å². The van der Waals surface area contributed by atoms with Gasteiger partial charge < -0.3 is 5.32 Å². The zero-order valence-corrected chi connectivity index (χ0v) is 16.3. The number of nitrogens with zero attached hydrogens (tertiary/aromatic N) is 1. The molecule has 1 saturated heterocycles. The molecule has 7 heteroatoms. The van der Waals surface area contributed by atoms with Crippen LogP contribution in [-0.4, -0.2) is 23.9 Å². The van der Waals surface area contributed by atoms with Crippen molar-refractivity contribution in [2.45, 2.75) is 32.5 Å². The number of hydrogen-bond donors (Lipinski definition) is 1. The first-order valence-electron chi connectivity index (χ1n) is 9.18. The van der Waals surface area contributed by atoms with E-state index < -0.39 is 11.7 Å². The maximum atomic E-state index is 12.9. The molecule has 150 valence electrons. The van der Waals surface area contributed by atoms with Crippen molar-refractivity contribution in [3.05, 3.63) is 64.2 Å². The van der Waals surface area contributed by atoms with Gasteiger partial charge in [-0.3, -0.25) is 9.69 Å². The number of carbonyl (C=O) groups is 1. The highest BCUT2D eigenvalue weighted by Crippen LogP contribution is 2.34. The van der Waals surface area contributed by atoms with Crippen LogP contribution in [0.5, 0.6) is 0 Å². The Morgan fingerprint density at radius 1 is 1.18 bits per heavy atom. The van der Waals surface area contributed by atoms with Crippen LogP contribution in [0.4, 0.5) is 18.9 Å². The fraction of sp³-hybridized carbons (Fsp3) is 0.381. The number of hydrogen-bond acceptors (Lipinski definition) is 2. The molecule has 0 bridgehead atoms. The Hall–Kier alpha value is -2.05. The first-order chi connectivity index (χ1) is 13.2. The van der Waals surface area contributed by atoms with Crippen LogP contribution in [-0.2, 0) is 17.5 Å². The molecule has 1 N–H and O–H groups in total. The fourth-order valence-electron chi connectivity index (χ4n) is 3.45. The maximum Gasteiger partial charge on any atom is 0.416 e. The largest absolute Gasteiger partial charge is 0.416 e. The summed E-state index contributed by atoms with van der Waals surface area (Å²) >= 11 is 5.97. The Labute approximate surface area is 167 Å². The molecule has 0 unspecified atom stereocenters. The van der Waals surface area contributed by atoms with Crippen molar-refractivity contribution in [2.75, 3.05) is 18.4 Å². The fourth-order valence-corrected chi connectivity index (χ4v) is 3.62. The monoisotopic (exact) mass is 410 g/mol. The van der Waals surface area contributed by atoms with Gasteiger partial charge in [0.25, 0.3) is 0 Å². The predicted molar refractivity (Wildman–Crippen MR) is 104 cm³/mol. The third kappa shape index (κ3) is 5.26. The SMILES string of the molecule is Cc1cccc(CN2CCC(C(=O)Nc3cc(C(F)(F)F)ccc3Cl)CC2)c1. The molecule has 0 aliphatic carbocycles. The first kappa shape index (κ1) is 20.7. The molecular formula is C21H22ClF3N2O. The summed E-state index contributed by atoms with van der Waals surface area (Å²) in [6.45, 7) is 4.42. The Kier molecular flexibility index (Phi) is 6.30. The third-order valence-corrected chi connectivity index (χ3v) is 5.33. The second-order valence-electron chi connectivity index (χ2n) is 7.22. The van der Waals surface area contributed by atoms with E-state index in [4.69, 9.17) is 11.6 Å². The quantitative estimate of drug-likeness (QED) is 0.720. The smallest absolute Gasteiger partial charge is 0.325 e. The molecule has 3 rings (SSSR count). The van der Waals surface area contributed by atoms with Crippen LogP contribution in [0.2, 0.25) is 5.02 Å². The Bertz CT molecular complexity index is 846. The molecule has 0 atom stereocenters. The summed E-state index contributed by atoms with van der Waals surface area (Å²) in [5.41, 5.74) is 1.62. The normalized spacial score (nSPS) is 16.2. The van der Waals surface area contributed by atoms with Crippen LogP contribution in [0.25, 0.3) is 0 Å². The number of alkyl halides is 3. The number of piperidine rings is 1. The highest BCUT2D eigenvalue weighted by atomic mass is 35.5. The van der Waals surface area contributed by atoms with E-state index in [1.54, 1.807) is 0 Å². The van der Waals surface area contributed by atoms with Gasteiger partial charge >= 0.3 is 6.18 Å². The van der Waals surface area contributed by atoms with Gasteiger partial charge in [-0.05, 0) is 56.6 Å². The van der Waals surface area contributed by atoms with E-state index in [2.05, 4.69) is 35.3 Å². The number of halogens is 4. The molecule has 1 aliphatic rings. The Morgan fingerprint density at radius 3 is 2.54 bits per heavy atom. The molecule has 28 heavy (non-hydrogen) atoms. The molecule has 0 spiro atoms. The molecule has 0 radical (unpaired) electrons. The number of amides is 1. The zero-order valence-electron chi connectivity index (χ0n) is 15.5. The van der Waals surface area contributed by atoms with Gasteiger partial charge in [0, 0.05) is 12.5 Å². The highest BCUT2D eigenvalue weighted by molar-refractivity contribution is 6.33. The topological polar surface area (TPSA) is 32.3 Å². The van der Waals surface area contributed by atoms with Crippen LogP contribution in [0.1, 0.15) is 29.5 Å². The number of rotatable bonds is 4. The lowest BCUT2D eigenvalue weighted by Gasteiger charge is -2.31. The minimum atomic E-state index is -4.48. The van der Waals surface area contributed by atoms with Gasteiger partial charge in [-0.2, -0.15) is 13.2 Å². The van der Waals surface area contributed by atoms with Crippen molar-refractivity contribution >= 4 is 23.2 Å². The summed E-state index contributed by atoms with van der Waals surface area (Å²) in [4.78, 5) is 14.8. The van der Waals surface area contributed by atoms with Crippen molar-refractivity contribution < 1.29 is 18.0 Å². The van der Waals surface area contributed by atoms with Gasteiger partial charge in [0.1, 0.15) is 0 Å². The number of likely N-dealkylation sites (tertiary alicyclic amines) is 1. The summed E-state index contributed by atoms with van der Waals surface area (Å²) < 4.78 is 38.6. The number of anilines is 1. The van der Waals surface area contributed by atoms with Crippen LogP contribution in [0.3, 0.4) is 0 Å². The van der Waals surface area contributed by atoms with Crippen molar-refractivity contribution in [2.24, 2.45) is 5.92 Å². The van der Waals surface area contributed by atoms with Gasteiger partial charge in [-0.15, -0.1) is 0 Å². The number of nitrogens with one attached hydrogen (secondary N) is 1. The predicted octanol–water partition coefficient (Wildman–Crippen LogP) is 5.52. The van der Waals surface area contributed by atoms with Gasteiger partial charge in [-0.1, -0.05) is 41.4 Å². The first-order valence-corrected chi connectivity index (χ1v) is 9.55. The summed E-state index contributed by atoms with van der Waals surface area (Å²) in [5, 5.41) is 2.67. The van der Waals surface area contributed by atoms with Gasteiger partial charge in [0.2, 0.25) is 5.91 Å². The summed E-state index contributed by atoms with van der Waals surface area (Å²) in [6, 6.07) is 11.3. The molecule has 0 aromatic heterocycles. The van der Waals surface area contributed by atoms with E-state index in [0.717, 1.165) is 37.8 Å². The van der Waals surface area contributed by atoms with E-state index >= 15 is 0 Å². The molecular weight excluding hydrogens is 389 g/mol. The summed E-state index contributed by atoms with van der Waals surface area (Å²) in [6.07, 6.45) is -3.16. The van der Waals surface area contributed by atoms with Crippen LogP contribution in [0.15, 0.2) is 42.5 Å². The lowest BCUT2D eigenvalue weighted by atomic mass is 9.95. The zero-order chi connectivity index (χ0) is 20.3. The number of benzene rings is 2. The maximum absolute atomic E-state index is 12.9. The molecule has 0 saturated carbocycles. The van der Waals surface area contributed by atoms with Crippen molar-refractivity contribution in [1.29, 1.82) is 0 Å². The van der Waals surface area contributed by atoms with Crippen LogP contribution >= 0.6 is 11.6 Å². The second kappa shape index (κ2) is 8.53. The van der Waals surface area contributed by atoms with Gasteiger partial charge in [-0.25, -0.2) is 0 Å². The average molecular weight is 411 g/mol. The van der Waals surface area contributed by atoms with Gasteiger partial charge in [0.15, 0.2) is 0 Å². The third-order valence-electron chi connectivity index (χ3n) is 5.00. The number of aryl methyl sites for hydroxylation is 1. The van der Waals surface area contributed by atoms with Crippen LogP contribution in [0, 0.1) is 12.8 Å². The standard InChI is InChI=1S/C21H22ClF3N2O/c1-14-3-2-4-15(11-14)13-27-9-7-16(8-10-27)20(28)26-19-12-17(21(23,24)25)5-6-18(19)22/h2-6,11-12,16H,7-10,13H2,1H3,(H,26,28). The second-order valence-corrected chi connectivity index (χ2v) is 7.63. The average Bonchev–Trinajstić information content (AvgIpc) is 2.63. The molecule has 1 amide bonds. The summed E-state index contributed by atoms with van der Waals surface area (Å²) in [5.74, 6) is -0.518. The van der Waals surface area contributed by atoms with Crippen molar-refractivity contribution in [3.8, 4) is 0 Å². The molecule has 1 fully saturated rings. The minimum Gasteiger partial charge on any atom is -0.325 e. The highest BCUT2D eigenvalue weighted by Gasteiger charge is 2.31. The Balaban J connectivity index is 1.57. The molecule has 1 heterocycles. The summed E-state index contributed by atoms with van der Waals surface area (Å²) in [7, 11) is 0. The lowest BCUT2D eigenvalue weighted by Crippen LogP contribution is -2.37. The van der Waals surface area contributed by atoms with Gasteiger partial charge in [0.05, 0.1) is 16.3 Å². The van der Waals surface area contributed by atoms with E-state index in [9.17, 15) is 18.0 Å². The van der Waals surface area contributed by atoms with E-state index in [1.807, 2.05) is 6.07 Å². The molecule has 2 aromatic carbocycles. The van der Waals surface area contributed by atoms with E-state index in [1.165, 1.54) is 11.1 Å². The minimum absolute atomic E-state index is 0.00341. The van der Waals surface area contributed by atoms with Crippen LogP contribution < -0.4 is 5.32 Å².